The highest BCUT2D eigenvalue weighted by Crippen LogP contribution is 2.22. The van der Waals surface area contributed by atoms with Crippen molar-refractivity contribution in [1.82, 2.24) is 29.1 Å². The Kier molecular flexibility index (Phi) is 3.70. The van der Waals surface area contributed by atoms with Crippen molar-refractivity contribution in [1.29, 1.82) is 0 Å². The van der Waals surface area contributed by atoms with E-state index in [1.807, 2.05) is 0 Å². The van der Waals surface area contributed by atoms with Crippen molar-refractivity contribution in [3.63, 3.8) is 0 Å². The zero-order valence-electron chi connectivity index (χ0n) is 14.9. The molecule has 0 radical (unpaired) electrons. The van der Waals surface area contributed by atoms with Crippen LogP contribution >= 0.6 is 0 Å². The first-order valence-corrected chi connectivity index (χ1v) is 8.67. The number of aromatic nitrogens is 6. The Morgan fingerprint density at radius 3 is 2.76 bits per heavy atom. The molecule has 8 nitrogen and oxygen atoms in total. The van der Waals surface area contributed by atoms with Gasteiger partial charge in [-0.25, -0.2) is 24.0 Å². The van der Waals surface area contributed by atoms with E-state index in [9.17, 15) is 9.18 Å². The van der Waals surface area contributed by atoms with E-state index in [1.54, 1.807) is 41.2 Å². The first-order valence-electron chi connectivity index (χ1n) is 8.67. The third kappa shape index (κ3) is 2.83. The van der Waals surface area contributed by atoms with E-state index in [0.717, 1.165) is 5.56 Å². The van der Waals surface area contributed by atoms with Gasteiger partial charge in [0.05, 0.1) is 30.3 Å². The van der Waals surface area contributed by atoms with Crippen LogP contribution in [0.1, 0.15) is 5.56 Å². The van der Waals surface area contributed by atoms with Crippen LogP contribution in [0.4, 0.5) is 10.1 Å². The normalized spacial score (nSPS) is 11.2. The van der Waals surface area contributed by atoms with Gasteiger partial charge in [0.25, 0.3) is 0 Å². The van der Waals surface area contributed by atoms with Crippen molar-refractivity contribution in [3.8, 4) is 5.95 Å². The molecule has 0 amide bonds. The molecule has 0 atom stereocenters. The maximum absolute atomic E-state index is 13.2. The number of benzene rings is 2. The van der Waals surface area contributed by atoms with Crippen molar-refractivity contribution < 1.29 is 4.39 Å². The predicted octanol–water partition coefficient (Wildman–Crippen LogP) is 3.20. The van der Waals surface area contributed by atoms with Gasteiger partial charge in [-0.05, 0) is 29.8 Å². The monoisotopic (exact) mass is 385 g/mol. The maximum Gasteiger partial charge on any atom is 0.328 e. The predicted molar refractivity (Wildman–Crippen MR) is 105 cm³/mol. The minimum atomic E-state index is -0.338. The van der Waals surface area contributed by atoms with Crippen molar-refractivity contribution >= 4 is 27.9 Å². The summed E-state index contributed by atoms with van der Waals surface area (Å²) in [5.74, 6) is -0.00982. The lowest BCUT2D eigenvalue weighted by Gasteiger charge is -2.06. The van der Waals surface area contributed by atoms with Gasteiger partial charge in [-0.3, -0.25) is 9.13 Å². The Balaban J connectivity index is 1.65. The van der Waals surface area contributed by atoms with Crippen molar-refractivity contribution in [2.45, 2.75) is 6.54 Å². The number of hydrogen-bond donors (Lipinski definition) is 1. The molecule has 29 heavy (non-hydrogen) atoms. The third-order valence-corrected chi connectivity index (χ3v) is 4.63. The summed E-state index contributed by atoms with van der Waals surface area (Å²) in [4.78, 5) is 31.8. The van der Waals surface area contributed by atoms with Gasteiger partial charge in [0.2, 0.25) is 5.95 Å². The molecule has 140 valence electrons. The minimum absolute atomic E-state index is 0.238. The number of nitrogens with zero attached hydrogens (tertiary/aromatic N) is 6. The van der Waals surface area contributed by atoms with Gasteiger partial charge < -0.3 is 4.98 Å². The van der Waals surface area contributed by atoms with E-state index >= 15 is 0 Å². The average molecular weight is 385 g/mol. The molecule has 5 rings (SSSR count). The zero-order valence-corrected chi connectivity index (χ0v) is 14.9. The second kappa shape index (κ2) is 6.38. The molecule has 2 aromatic carbocycles. The second-order valence-corrected chi connectivity index (χ2v) is 6.45. The summed E-state index contributed by atoms with van der Waals surface area (Å²) in [6.45, 7) is 7.44. The summed E-state index contributed by atoms with van der Waals surface area (Å²) < 4.78 is 16.3. The molecule has 0 aliphatic rings. The molecule has 3 heterocycles. The highest BCUT2D eigenvalue weighted by atomic mass is 19.1. The number of aromatic amines is 1. The topological polar surface area (TPSA) is 85.8 Å². The SMILES string of the molecule is [C-]#[N+]c1ccc2ncn(-c3ncc4[nH]c(=O)n(Cc5ccc(F)cc5)c4n3)c2c1. The Morgan fingerprint density at radius 1 is 1.14 bits per heavy atom. The summed E-state index contributed by atoms with van der Waals surface area (Å²) in [7, 11) is 0. The minimum Gasteiger partial charge on any atom is -0.303 e. The molecule has 9 heteroatoms. The van der Waals surface area contributed by atoms with Crippen molar-refractivity contribution in [2.75, 3.05) is 0 Å². The van der Waals surface area contributed by atoms with Crippen LogP contribution in [0.3, 0.4) is 0 Å². The molecular formula is C20H12FN7O. The highest BCUT2D eigenvalue weighted by Gasteiger charge is 2.13. The summed E-state index contributed by atoms with van der Waals surface area (Å²) in [6.07, 6.45) is 3.11. The summed E-state index contributed by atoms with van der Waals surface area (Å²) in [5, 5.41) is 0. The Hall–Kier alpha value is -4.32. The first kappa shape index (κ1) is 16.8. The Morgan fingerprint density at radius 2 is 1.97 bits per heavy atom. The average Bonchev–Trinajstić information content (AvgIpc) is 3.29. The number of H-pyrrole nitrogens is 1. The standard InChI is InChI=1S/C20H12FN7O/c1-22-14-6-7-15-17(8-14)28(11-24-15)19-23-9-16-18(26-19)27(20(29)25-16)10-12-2-4-13(21)5-3-12/h2-9,11H,10H2,(H,25,29). The molecule has 1 N–H and O–H groups in total. The van der Waals surface area contributed by atoms with Crippen LogP contribution in [0, 0.1) is 12.4 Å². The fourth-order valence-electron chi connectivity index (χ4n) is 3.20. The van der Waals surface area contributed by atoms with E-state index in [0.29, 0.717) is 33.8 Å². The van der Waals surface area contributed by atoms with Crippen LogP contribution < -0.4 is 5.69 Å². The van der Waals surface area contributed by atoms with E-state index in [2.05, 4.69) is 24.8 Å². The number of rotatable bonds is 3. The maximum atomic E-state index is 13.2. The molecule has 0 bridgehead atoms. The molecule has 0 saturated heterocycles. The molecule has 0 aliphatic carbocycles. The van der Waals surface area contributed by atoms with E-state index in [-0.39, 0.29) is 18.1 Å². The first-order chi connectivity index (χ1) is 14.1. The Bertz CT molecular complexity index is 1470. The van der Waals surface area contributed by atoms with Crippen LogP contribution in [-0.2, 0) is 6.54 Å². The third-order valence-electron chi connectivity index (χ3n) is 4.63. The highest BCUT2D eigenvalue weighted by molar-refractivity contribution is 5.81. The Labute approximate surface area is 162 Å². The van der Waals surface area contributed by atoms with Crippen LogP contribution in [-0.4, -0.2) is 29.1 Å². The molecule has 3 aromatic heterocycles. The lowest BCUT2D eigenvalue weighted by atomic mass is 10.2. The van der Waals surface area contributed by atoms with E-state index in [4.69, 9.17) is 6.57 Å². The summed E-state index contributed by atoms with van der Waals surface area (Å²) in [5.41, 5.74) is 3.24. The zero-order chi connectivity index (χ0) is 20.0. The van der Waals surface area contributed by atoms with Gasteiger partial charge in [-0.15, -0.1) is 0 Å². The lowest BCUT2D eigenvalue weighted by molar-refractivity contribution is 0.626. The number of nitrogens with one attached hydrogen (secondary N) is 1. The molecule has 5 aromatic rings. The van der Waals surface area contributed by atoms with Gasteiger partial charge in [0.15, 0.2) is 11.3 Å². The molecule has 0 saturated carbocycles. The van der Waals surface area contributed by atoms with Crippen molar-refractivity contribution in [3.05, 3.63) is 88.3 Å². The summed E-state index contributed by atoms with van der Waals surface area (Å²) >= 11 is 0. The van der Waals surface area contributed by atoms with E-state index in [1.165, 1.54) is 22.9 Å². The van der Waals surface area contributed by atoms with Crippen LogP contribution in [0.25, 0.3) is 33.0 Å². The fourth-order valence-corrected chi connectivity index (χ4v) is 3.20. The van der Waals surface area contributed by atoms with Gasteiger partial charge in [0, 0.05) is 0 Å². The van der Waals surface area contributed by atoms with Gasteiger partial charge in [0.1, 0.15) is 17.7 Å². The lowest BCUT2D eigenvalue weighted by Crippen LogP contribution is -2.18. The fraction of sp³-hybridized carbons (Fsp3) is 0.0500. The van der Waals surface area contributed by atoms with Crippen molar-refractivity contribution in [2.24, 2.45) is 0 Å². The van der Waals surface area contributed by atoms with Gasteiger partial charge >= 0.3 is 5.69 Å². The van der Waals surface area contributed by atoms with Gasteiger partial charge in [-0.2, -0.15) is 4.98 Å². The van der Waals surface area contributed by atoms with Gasteiger partial charge in [-0.1, -0.05) is 18.2 Å². The molecule has 0 spiro atoms. The van der Waals surface area contributed by atoms with E-state index < -0.39 is 0 Å². The summed E-state index contributed by atoms with van der Waals surface area (Å²) in [6, 6.07) is 11.1. The van der Waals surface area contributed by atoms with Crippen LogP contribution in [0.2, 0.25) is 0 Å². The molecular weight excluding hydrogens is 373 g/mol. The molecule has 0 unspecified atom stereocenters. The molecule has 0 fully saturated rings. The largest absolute Gasteiger partial charge is 0.328 e. The number of hydrogen-bond acceptors (Lipinski definition) is 4. The molecule has 0 aliphatic heterocycles. The smallest absolute Gasteiger partial charge is 0.303 e. The van der Waals surface area contributed by atoms with Crippen LogP contribution in [0.5, 0.6) is 0 Å². The number of fused-ring (bicyclic) bond motifs is 2. The quantitative estimate of drug-likeness (QED) is 0.483. The van der Waals surface area contributed by atoms with Crippen LogP contribution in [0.15, 0.2) is 59.8 Å². The second-order valence-electron chi connectivity index (χ2n) is 6.45. The number of halogens is 1. The number of imidazole rings is 2.